The van der Waals surface area contributed by atoms with Crippen LogP contribution >= 0.6 is 23.1 Å². The Kier molecular flexibility index (Phi) is 3.58. The third kappa shape index (κ3) is 2.29. The van der Waals surface area contributed by atoms with E-state index in [2.05, 4.69) is 15.2 Å². The first-order valence-corrected chi connectivity index (χ1v) is 8.63. The number of thiazole rings is 1. The molecule has 9 nitrogen and oxygen atoms in total. The van der Waals surface area contributed by atoms with E-state index in [0.29, 0.717) is 33.3 Å². The van der Waals surface area contributed by atoms with Gasteiger partial charge in [0.2, 0.25) is 5.03 Å². The molecule has 24 heavy (non-hydrogen) atoms. The van der Waals surface area contributed by atoms with Gasteiger partial charge in [-0.2, -0.15) is 9.38 Å². The molecule has 0 amide bonds. The van der Waals surface area contributed by atoms with Crippen molar-refractivity contribution >= 4 is 33.9 Å². The number of nitro groups is 1. The van der Waals surface area contributed by atoms with Crippen molar-refractivity contribution in [2.45, 2.75) is 23.7 Å². The van der Waals surface area contributed by atoms with Gasteiger partial charge in [-0.05, 0) is 35.7 Å². The summed E-state index contributed by atoms with van der Waals surface area (Å²) in [5.41, 5.74) is 0. The van der Waals surface area contributed by atoms with E-state index >= 15 is 0 Å². The van der Waals surface area contributed by atoms with Gasteiger partial charge < -0.3 is 14.5 Å². The summed E-state index contributed by atoms with van der Waals surface area (Å²) in [5.74, 6) is 1.10. The number of imidazole rings is 1. The number of furan rings is 1. The molecule has 0 N–H and O–H groups in total. The van der Waals surface area contributed by atoms with Crippen molar-refractivity contribution in [3.8, 4) is 11.6 Å². The van der Waals surface area contributed by atoms with E-state index in [-0.39, 0.29) is 5.82 Å². The van der Waals surface area contributed by atoms with Crippen LogP contribution in [-0.4, -0.2) is 29.1 Å². The van der Waals surface area contributed by atoms with Gasteiger partial charge in [-0.1, -0.05) is 11.3 Å². The van der Waals surface area contributed by atoms with Crippen LogP contribution in [0.1, 0.15) is 6.92 Å². The van der Waals surface area contributed by atoms with E-state index in [4.69, 9.17) is 4.42 Å². The summed E-state index contributed by atoms with van der Waals surface area (Å²) in [4.78, 5) is 15.9. The number of hydrogen-bond donors (Lipinski definition) is 0. The first-order chi connectivity index (χ1) is 11.7. The van der Waals surface area contributed by atoms with Crippen LogP contribution in [0.5, 0.6) is 0 Å². The average molecular weight is 362 g/mol. The zero-order valence-electron chi connectivity index (χ0n) is 12.3. The quantitative estimate of drug-likeness (QED) is 0.396. The van der Waals surface area contributed by atoms with Gasteiger partial charge in [0.15, 0.2) is 16.7 Å². The Labute approximate surface area is 143 Å². The Morgan fingerprint density at radius 2 is 2.33 bits per heavy atom. The average Bonchev–Trinajstić information content (AvgIpc) is 3.30. The molecule has 0 aliphatic heterocycles. The lowest BCUT2D eigenvalue weighted by atomic mass is 10.4. The molecule has 0 aliphatic rings. The molecule has 0 fully saturated rings. The fourth-order valence-electron chi connectivity index (χ4n) is 2.31. The molecule has 4 heterocycles. The third-order valence-electron chi connectivity index (χ3n) is 3.34. The molecule has 4 aromatic rings. The van der Waals surface area contributed by atoms with Crippen LogP contribution in [0.4, 0.5) is 5.82 Å². The molecule has 0 radical (unpaired) electrons. The summed E-state index contributed by atoms with van der Waals surface area (Å²) in [7, 11) is 0. The maximum absolute atomic E-state index is 11.4. The van der Waals surface area contributed by atoms with E-state index in [1.54, 1.807) is 30.0 Å². The van der Waals surface area contributed by atoms with Crippen molar-refractivity contribution in [1.82, 2.24) is 24.1 Å². The number of aromatic nitrogens is 5. The van der Waals surface area contributed by atoms with Gasteiger partial charge in [0.1, 0.15) is 6.20 Å². The van der Waals surface area contributed by atoms with Crippen LogP contribution in [0.25, 0.3) is 16.5 Å². The van der Waals surface area contributed by atoms with Crippen molar-refractivity contribution in [1.29, 1.82) is 0 Å². The number of fused-ring (bicyclic) bond motifs is 1. The number of nitrogens with zero attached hydrogens (tertiary/aromatic N) is 6. The van der Waals surface area contributed by atoms with Gasteiger partial charge >= 0.3 is 5.82 Å². The van der Waals surface area contributed by atoms with E-state index in [9.17, 15) is 10.1 Å². The van der Waals surface area contributed by atoms with Gasteiger partial charge in [-0.15, -0.1) is 10.2 Å². The van der Waals surface area contributed by atoms with E-state index < -0.39 is 4.92 Å². The lowest BCUT2D eigenvalue weighted by Crippen LogP contribution is -2.00. The van der Waals surface area contributed by atoms with Crippen LogP contribution in [-0.2, 0) is 6.54 Å². The van der Waals surface area contributed by atoms with Crippen molar-refractivity contribution in [2.75, 3.05) is 0 Å². The molecule has 4 rings (SSSR count). The molecular weight excluding hydrogens is 352 g/mol. The highest BCUT2D eigenvalue weighted by Gasteiger charge is 2.27. The van der Waals surface area contributed by atoms with Crippen LogP contribution in [0.3, 0.4) is 0 Å². The highest BCUT2D eigenvalue weighted by atomic mass is 32.2. The fraction of sp³-hybridized carbons (Fsp3) is 0.154. The molecule has 0 atom stereocenters. The summed E-state index contributed by atoms with van der Waals surface area (Å²) < 4.78 is 8.66. The maximum Gasteiger partial charge on any atom is 0.363 e. The Morgan fingerprint density at radius 1 is 1.46 bits per heavy atom. The van der Waals surface area contributed by atoms with Crippen molar-refractivity contribution in [2.24, 2.45) is 0 Å². The largest absolute Gasteiger partial charge is 0.461 e. The molecule has 0 saturated carbocycles. The summed E-state index contributed by atoms with van der Waals surface area (Å²) in [6.45, 7) is 2.54. The third-order valence-corrected chi connectivity index (χ3v) is 5.05. The van der Waals surface area contributed by atoms with E-state index in [1.165, 1.54) is 15.7 Å². The van der Waals surface area contributed by atoms with E-state index in [1.807, 2.05) is 11.5 Å². The first kappa shape index (κ1) is 14.9. The van der Waals surface area contributed by atoms with Crippen molar-refractivity contribution in [3.63, 3.8) is 0 Å². The molecule has 0 aliphatic carbocycles. The van der Waals surface area contributed by atoms with Crippen molar-refractivity contribution in [3.05, 3.63) is 40.1 Å². The van der Waals surface area contributed by atoms with Crippen LogP contribution in [0, 0.1) is 10.1 Å². The molecular formula is C13H10N6O3S2. The van der Waals surface area contributed by atoms with Gasteiger partial charge in [0.05, 0.1) is 6.26 Å². The first-order valence-electron chi connectivity index (χ1n) is 6.94. The van der Waals surface area contributed by atoms with Crippen LogP contribution < -0.4 is 0 Å². The molecule has 122 valence electrons. The van der Waals surface area contributed by atoms with Crippen LogP contribution in [0.15, 0.2) is 44.6 Å². The molecule has 0 unspecified atom stereocenters. The number of hydrogen-bond acceptors (Lipinski definition) is 8. The van der Waals surface area contributed by atoms with Gasteiger partial charge in [0, 0.05) is 11.9 Å². The lowest BCUT2D eigenvalue weighted by molar-refractivity contribution is -0.393. The zero-order chi connectivity index (χ0) is 16.7. The molecule has 0 spiro atoms. The Hall–Kier alpha value is -2.66. The predicted molar refractivity (Wildman–Crippen MR) is 87.2 cm³/mol. The van der Waals surface area contributed by atoms with Gasteiger partial charge in [-0.25, -0.2) is 0 Å². The minimum absolute atomic E-state index is 0.0681. The molecule has 0 aromatic carbocycles. The molecule has 0 saturated heterocycles. The van der Waals surface area contributed by atoms with Crippen molar-refractivity contribution < 1.29 is 9.34 Å². The SMILES string of the molecule is CCn1c(Sc2nc3sccn3c2[N+](=O)[O-])nnc1-c1ccco1. The topological polar surface area (TPSA) is 104 Å². The van der Waals surface area contributed by atoms with E-state index in [0.717, 1.165) is 11.8 Å². The summed E-state index contributed by atoms with van der Waals surface area (Å²) >= 11 is 2.46. The van der Waals surface area contributed by atoms with Crippen LogP contribution in [0.2, 0.25) is 0 Å². The lowest BCUT2D eigenvalue weighted by Gasteiger charge is -2.04. The fourth-order valence-corrected chi connectivity index (χ4v) is 4.06. The normalized spacial score (nSPS) is 11.4. The minimum atomic E-state index is -0.435. The maximum atomic E-state index is 11.4. The predicted octanol–water partition coefficient (Wildman–Crippen LogP) is 3.33. The van der Waals surface area contributed by atoms with Gasteiger partial charge in [-0.3, -0.25) is 4.57 Å². The summed E-state index contributed by atoms with van der Waals surface area (Å²) in [5, 5.41) is 22.3. The second-order valence-electron chi connectivity index (χ2n) is 4.68. The highest BCUT2D eigenvalue weighted by Crippen LogP contribution is 2.36. The Bertz CT molecular complexity index is 1020. The van der Waals surface area contributed by atoms with Gasteiger partial charge in [0.25, 0.3) is 4.96 Å². The second-order valence-corrected chi connectivity index (χ2v) is 6.51. The molecule has 0 bridgehead atoms. The zero-order valence-corrected chi connectivity index (χ0v) is 14.0. The standard InChI is InChI=1S/C13H10N6O3S2/c1-2-17-9(8-4-3-6-22-8)15-16-13(17)24-10-11(19(20)21)18-5-7-23-12(18)14-10/h3-7H,2H2,1H3. The Balaban J connectivity index is 1.78. The highest BCUT2D eigenvalue weighted by molar-refractivity contribution is 7.99. The smallest absolute Gasteiger partial charge is 0.363 e. The molecule has 4 aromatic heterocycles. The molecule has 11 heteroatoms. The summed E-state index contributed by atoms with van der Waals surface area (Å²) in [6, 6.07) is 3.56. The number of rotatable bonds is 5. The Morgan fingerprint density at radius 3 is 3.04 bits per heavy atom. The monoisotopic (exact) mass is 362 g/mol. The summed E-state index contributed by atoms with van der Waals surface area (Å²) in [6.07, 6.45) is 3.19. The minimum Gasteiger partial charge on any atom is -0.461 e. The second kappa shape index (κ2) is 5.76.